The van der Waals surface area contributed by atoms with Crippen molar-refractivity contribution < 1.29 is 19.2 Å². The summed E-state index contributed by atoms with van der Waals surface area (Å²) in [5, 5.41) is 18.8. The molecule has 1 atom stereocenters. The average molecular weight is 489 g/mol. The molecule has 10 heteroatoms. The zero-order valence-corrected chi connectivity index (χ0v) is 22.0. The van der Waals surface area contributed by atoms with Crippen LogP contribution in [0.2, 0.25) is 25.7 Å². The molecular formula is C24H36N4O5Si. The second-order valence-electron chi connectivity index (χ2n) is 10.3. The van der Waals surface area contributed by atoms with Crippen molar-refractivity contribution in [1.29, 1.82) is 0 Å². The lowest BCUT2D eigenvalue weighted by Crippen LogP contribution is -2.34. The summed E-state index contributed by atoms with van der Waals surface area (Å²) < 4.78 is 12.7. The number of nitrogens with zero attached hydrogens (tertiary/aromatic N) is 3. The minimum Gasteiger partial charge on any atom is -0.444 e. The number of nitrogens with one attached hydrogen (secondary N) is 1. The minimum atomic E-state index is -1.26. The van der Waals surface area contributed by atoms with Crippen molar-refractivity contribution >= 4 is 19.9 Å². The molecule has 1 aromatic heterocycles. The van der Waals surface area contributed by atoms with Gasteiger partial charge in [-0.1, -0.05) is 43.9 Å². The number of carbonyl (C=O) groups excluding carboxylic acids is 1. The number of hydrogen-bond acceptors (Lipinski definition) is 6. The molecular weight excluding hydrogens is 452 g/mol. The number of benzene rings is 1. The van der Waals surface area contributed by atoms with Crippen molar-refractivity contribution in [2.24, 2.45) is 0 Å². The topological polar surface area (TPSA) is 109 Å². The van der Waals surface area contributed by atoms with Crippen molar-refractivity contribution in [3.05, 3.63) is 58.8 Å². The summed E-state index contributed by atoms with van der Waals surface area (Å²) in [5.74, 6) is 0. The van der Waals surface area contributed by atoms with Gasteiger partial charge in [0.15, 0.2) is 0 Å². The first-order chi connectivity index (χ1) is 15.8. The standard InChI is InChI=1S/C24H36N4O5Si/c1-8-10-20(26-23(29)33-24(2,3)4)18-11-9-12-19(15-18)22-21(28(30)31)16-25-27(22)17-32-13-14-34(5,6)7/h8-9,11-12,15-16,20H,1,10,13-14,17H2,2-7H3,(H,26,29)/t20-/m0/s1. The maximum absolute atomic E-state index is 12.4. The molecule has 0 bridgehead atoms. The molecule has 0 fully saturated rings. The van der Waals surface area contributed by atoms with E-state index in [1.807, 2.05) is 12.1 Å². The number of nitro groups is 1. The molecule has 1 N–H and O–H groups in total. The van der Waals surface area contributed by atoms with Crippen LogP contribution in [0.25, 0.3) is 11.3 Å². The summed E-state index contributed by atoms with van der Waals surface area (Å²) in [5.41, 5.74) is 0.995. The Morgan fingerprint density at radius 1 is 1.35 bits per heavy atom. The van der Waals surface area contributed by atoms with Gasteiger partial charge < -0.3 is 14.8 Å². The van der Waals surface area contributed by atoms with Crippen molar-refractivity contribution in [3.8, 4) is 11.3 Å². The van der Waals surface area contributed by atoms with Crippen LogP contribution in [0, 0.1) is 10.1 Å². The Kier molecular flexibility index (Phi) is 9.17. The highest BCUT2D eigenvalue weighted by atomic mass is 28.3. The molecule has 0 spiro atoms. The second kappa shape index (κ2) is 11.4. The predicted octanol–water partition coefficient (Wildman–Crippen LogP) is 5.91. The van der Waals surface area contributed by atoms with Crippen LogP contribution >= 0.6 is 0 Å². The van der Waals surface area contributed by atoms with Gasteiger partial charge in [0.25, 0.3) is 0 Å². The first-order valence-corrected chi connectivity index (χ1v) is 15.0. The molecule has 1 heterocycles. The van der Waals surface area contributed by atoms with Gasteiger partial charge in [0.05, 0.1) is 11.0 Å². The molecule has 2 aromatic rings. The van der Waals surface area contributed by atoms with Crippen LogP contribution in [0.1, 0.15) is 38.8 Å². The zero-order valence-electron chi connectivity index (χ0n) is 21.0. The van der Waals surface area contributed by atoms with Crippen molar-refractivity contribution in [2.45, 2.75) is 71.3 Å². The number of amides is 1. The molecule has 0 saturated carbocycles. The highest BCUT2D eigenvalue weighted by Crippen LogP contribution is 2.32. The third-order valence-corrected chi connectivity index (χ3v) is 6.59. The highest BCUT2D eigenvalue weighted by Gasteiger charge is 2.25. The number of ether oxygens (including phenoxy) is 2. The average Bonchev–Trinajstić information content (AvgIpc) is 3.13. The molecule has 0 saturated heterocycles. The monoisotopic (exact) mass is 488 g/mol. The highest BCUT2D eigenvalue weighted by molar-refractivity contribution is 6.76. The number of alkyl carbamates (subject to hydrolysis) is 1. The van der Waals surface area contributed by atoms with Crippen LogP contribution in [-0.4, -0.2) is 41.1 Å². The van der Waals surface area contributed by atoms with Gasteiger partial charge >= 0.3 is 11.8 Å². The fraction of sp³-hybridized carbons (Fsp3) is 0.500. The van der Waals surface area contributed by atoms with Gasteiger partial charge in [-0.3, -0.25) is 10.1 Å². The van der Waals surface area contributed by atoms with Gasteiger partial charge in [0.2, 0.25) is 0 Å². The van der Waals surface area contributed by atoms with Crippen LogP contribution in [0.15, 0.2) is 43.1 Å². The van der Waals surface area contributed by atoms with Crippen LogP contribution in [0.3, 0.4) is 0 Å². The minimum absolute atomic E-state index is 0.105. The first kappa shape index (κ1) is 27.3. The third-order valence-electron chi connectivity index (χ3n) is 4.88. The molecule has 9 nitrogen and oxygen atoms in total. The Labute approximate surface area is 202 Å². The van der Waals surface area contributed by atoms with Gasteiger partial charge in [-0.25, -0.2) is 9.48 Å². The summed E-state index contributed by atoms with van der Waals surface area (Å²) in [7, 11) is -1.26. The van der Waals surface area contributed by atoms with E-state index in [4.69, 9.17) is 9.47 Å². The van der Waals surface area contributed by atoms with Crippen LogP contribution in [0.5, 0.6) is 0 Å². The summed E-state index contributed by atoms with van der Waals surface area (Å²) in [6, 6.07) is 7.83. The van der Waals surface area contributed by atoms with Crippen LogP contribution in [0.4, 0.5) is 10.5 Å². The van der Waals surface area contributed by atoms with Crippen LogP contribution in [-0.2, 0) is 16.2 Å². The molecule has 1 amide bonds. The van der Waals surface area contributed by atoms with E-state index < -0.39 is 30.7 Å². The largest absolute Gasteiger partial charge is 0.444 e. The first-order valence-electron chi connectivity index (χ1n) is 11.3. The van der Waals surface area contributed by atoms with Gasteiger partial charge in [-0.2, -0.15) is 5.10 Å². The second-order valence-corrected chi connectivity index (χ2v) is 16.0. The molecule has 1 aromatic carbocycles. The zero-order chi connectivity index (χ0) is 25.5. The van der Waals surface area contributed by atoms with E-state index in [0.29, 0.717) is 24.3 Å². The van der Waals surface area contributed by atoms with E-state index in [1.165, 1.54) is 10.9 Å². The quantitative estimate of drug-likeness (QED) is 0.138. The molecule has 186 valence electrons. The van der Waals surface area contributed by atoms with E-state index in [0.717, 1.165) is 11.6 Å². The lowest BCUT2D eigenvalue weighted by molar-refractivity contribution is -0.384. The number of carbonyl (C=O) groups is 1. The molecule has 2 rings (SSSR count). The van der Waals surface area contributed by atoms with Gasteiger partial charge in [0, 0.05) is 20.2 Å². The molecule has 34 heavy (non-hydrogen) atoms. The Balaban J connectivity index is 2.33. The van der Waals surface area contributed by atoms with Crippen LogP contribution < -0.4 is 5.32 Å². The maximum atomic E-state index is 12.4. The Morgan fingerprint density at radius 2 is 2.06 bits per heavy atom. The molecule has 0 unspecified atom stereocenters. The van der Waals surface area contributed by atoms with Crippen molar-refractivity contribution in [2.75, 3.05) is 6.61 Å². The Morgan fingerprint density at radius 3 is 2.65 bits per heavy atom. The number of aromatic nitrogens is 2. The predicted molar refractivity (Wildman–Crippen MR) is 135 cm³/mol. The molecule has 0 aliphatic heterocycles. The van der Waals surface area contributed by atoms with E-state index in [9.17, 15) is 14.9 Å². The van der Waals surface area contributed by atoms with Gasteiger partial charge in [-0.05, 0) is 44.9 Å². The van der Waals surface area contributed by atoms with E-state index in [2.05, 4.69) is 36.6 Å². The fourth-order valence-electron chi connectivity index (χ4n) is 3.23. The lowest BCUT2D eigenvalue weighted by atomic mass is 9.99. The lowest BCUT2D eigenvalue weighted by Gasteiger charge is -2.23. The van der Waals surface area contributed by atoms with E-state index in [-0.39, 0.29) is 12.4 Å². The Hall–Kier alpha value is -2.98. The number of hydrogen-bond donors (Lipinski definition) is 1. The third kappa shape index (κ3) is 8.42. The SMILES string of the molecule is C=CC[C@H](NC(=O)OC(C)(C)C)c1cccc(-c2c([N+](=O)[O-])cnn2COCC[Si](C)(C)C)c1. The van der Waals surface area contributed by atoms with Crippen molar-refractivity contribution in [1.82, 2.24) is 15.1 Å². The molecule has 0 radical (unpaired) electrons. The van der Waals surface area contributed by atoms with Crippen molar-refractivity contribution in [3.63, 3.8) is 0 Å². The summed E-state index contributed by atoms with van der Waals surface area (Å²) >= 11 is 0. The molecule has 0 aliphatic rings. The van der Waals surface area contributed by atoms with E-state index >= 15 is 0 Å². The smallest absolute Gasteiger partial charge is 0.408 e. The normalized spacial score (nSPS) is 12.8. The Bertz CT molecular complexity index is 1010. The summed E-state index contributed by atoms with van der Waals surface area (Å²) in [6.07, 6.45) is 2.86. The molecule has 0 aliphatic carbocycles. The summed E-state index contributed by atoms with van der Waals surface area (Å²) in [4.78, 5) is 23.6. The van der Waals surface area contributed by atoms with E-state index in [1.54, 1.807) is 39.0 Å². The maximum Gasteiger partial charge on any atom is 0.408 e. The summed E-state index contributed by atoms with van der Waals surface area (Å²) in [6.45, 7) is 16.6. The van der Waals surface area contributed by atoms with Gasteiger partial charge in [-0.15, -0.1) is 6.58 Å². The number of rotatable bonds is 11. The van der Waals surface area contributed by atoms with Gasteiger partial charge in [0.1, 0.15) is 24.2 Å². The fourth-order valence-corrected chi connectivity index (χ4v) is 3.99.